The SMILES string of the molecule is CCCCC/C=C\CCCCCCCC(=O)OCC(COP(=O)([O-])OCC[N+](C)(C)C)OC(=O)CCCCCCCCCCCCCCCCCCCCCCCCCCC/C=C\C/C=C\CCCCCCC. The van der Waals surface area contributed by atoms with Gasteiger partial charge in [0, 0.05) is 12.8 Å². The van der Waals surface area contributed by atoms with Gasteiger partial charge in [0.15, 0.2) is 6.10 Å². The summed E-state index contributed by atoms with van der Waals surface area (Å²) in [5.41, 5.74) is 0. The quantitative estimate of drug-likeness (QED) is 0.0195. The Labute approximate surface area is 452 Å². The molecule has 0 aliphatic carbocycles. The molecule has 0 aromatic heterocycles. The summed E-state index contributed by atoms with van der Waals surface area (Å²) in [7, 11) is 1.17. The van der Waals surface area contributed by atoms with Gasteiger partial charge in [-0.3, -0.25) is 14.2 Å². The molecule has 0 aliphatic rings. The number of carbonyl (C=O) groups excluding carboxylic acids is 2. The molecule has 0 heterocycles. The molecule has 0 rings (SSSR count). The largest absolute Gasteiger partial charge is 0.756 e. The molecule has 0 bridgehead atoms. The van der Waals surface area contributed by atoms with Crippen LogP contribution < -0.4 is 4.89 Å². The van der Waals surface area contributed by atoms with Crippen molar-refractivity contribution in [2.24, 2.45) is 0 Å². The van der Waals surface area contributed by atoms with Crippen LogP contribution in [0.1, 0.15) is 303 Å². The van der Waals surface area contributed by atoms with Crippen LogP contribution in [0, 0.1) is 0 Å². The molecule has 0 amide bonds. The van der Waals surface area contributed by atoms with Gasteiger partial charge in [-0.05, 0) is 70.6 Å². The number of phosphoric ester groups is 1. The van der Waals surface area contributed by atoms with Gasteiger partial charge in [0.2, 0.25) is 0 Å². The van der Waals surface area contributed by atoms with Crippen LogP contribution in [0.15, 0.2) is 36.5 Å². The van der Waals surface area contributed by atoms with Gasteiger partial charge in [-0.15, -0.1) is 0 Å². The second-order valence-electron chi connectivity index (χ2n) is 22.4. The van der Waals surface area contributed by atoms with E-state index in [0.717, 1.165) is 57.8 Å². The lowest BCUT2D eigenvalue weighted by atomic mass is 10.0. The number of unbranched alkanes of at least 4 members (excludes halogenated alkanes) is 38. The van der Waals surface area contributed by atoms with Crippen LogP contribution >= 0.6 is 7.82 Å². The molecule has 430 valence electrons. The number of ether oxygens (including phenoxy) is 2. The second-order valence-corrected chi connectivity index (χ2v) is 23.8. The number of carbonyl (C=O) groups is 2. The summed E-state index contributed by atoms with van der Waals surface area (Å²) in [5.74, 6) is -0.832. The minimum atomic E-state index is -4.63. The van der Waals surface area contributed by atoms with E-state index in [9.17, 15) is 19.0 Å². The van der Waals surface area contributed by atoms with Crippen molar-refractivity contribution in [1.82, 2.24) is 0 Å². The van der Waals surface area contributed by atoms with Crippen LogP contribution in [-0.4, -0.2) is 70.0 Å². The Bertz CT molecular complexity index is 1330. The van der Waals surface area contributed by atoms with Crippen molar-refractivity contribution in [3.8, 4) is 0 Å². The first-order valence-corrected chi connectivity index (χ1v) is 32.7. The lowest BCUT2D eigenvalue weighted by Gasteiger charge is -2.28. The normalized spacial score (nSPS) is 13.5. The van der Waals surface area contributed by atoms with Crippen molar-refractivity contribution in [1.29, 1.82) is 0 Å². The number of phosphoric acid groups is 1. The summed E-state index contributed by atoms with van der Waals surface area (Å²) in [6, 6.07) is 0. The average molecular weight is 1050 g/mol. The van der Waals surface area contributed by atoms with Crippen molar-refractivity contribution in [2.75, 3.05) is 47.5 Å². The molecule has 73 heavy (non-hydrogen) atoms. The maximum atomic E-state index is 12.8. The number of nitrogens with zero attached hydrogens (tertiary/aromatic N) is 1. The van der Waals surface area contributed by atoms with E-state index in [2.05, 4.69) is 50.3 Å². The number of hydrogen-bond acceptors (Lipinski definition) is 8. The van der Waals surface area contributed by atoms with E-state index in [1.165, 1.54) is 212 Å². The fourth-order valence-corrected chi connectivity index (χ4v) is 9.77. The number of likely N-dealkylation sites (N-methyl/N-ethyl adjacent to an activating group) is 1. The van der Waals surface area contributed by atoms with Crippen LogP contribution in [0.5, 0.6) is 0 Å². The van der Waals surface area contributed by atoms with E-state index in [-0.39, 0.29) is 32.0 Å². The lowest BCUT2D eigenvalue weighted by Crippen LogP contribution is -2.37. The number of quaternary nitrogens is 1. The Kier molecular flexibility index (Phi) is 53.7. The Hall–Kier alpha value is -1.77. The average Bonchev–Trinajstić information content (AvgIpc) is 3.35. The van der Waals surface area contributed by atoms with Crippen LogP contribution in [0.2, 0.25) is 0 Å². The van der Waals surface area contributed by atoms with Crippen LogP contribution in [-0.2, 0) is 32.7 Å². The van der Waals surface area contributed by atoms with Crippen LogP contribution in [0.4, 0.5) is 0 Å². The number of esters is 2. The van der Waals surface area contributed by atoms with E-state index in [0.29, 0.717) is 17.4 Å². The van der Waals surface area contributed by atoms with E-state index < -0.39 is 26.5 Å². The van der Waals surface area contributed by atoms with Crippen molar-refractivity contribution >= 4 is 19.8 Å². The summed E-state index contributed by atoms with van der Waals surface area (Å²) in [6.07, 6.45) is 68.1. The zero-order valence-corrected chi connectivity index (χ0v) is 49.7. The molecule has 2 unspecified atom stereocenters. The van der Waals surface area contributed by atoms with Crippen molar-refractivity contribution in [3.05, 3.63) is 36.5 Å². The number of hydrogen-bond donors (Lipinski definition) is 0. The Balaban J connectivity index is 3.88. The molecule has 0 spiro atoms. The van der Waals surface area contributed by atoms with E-state index in [4.69, 9.17) is 18.5 Å². The minimum absolute atomic E-state index is 0.0299. The molecule has 0 saturated carbocycles. The van der Waals surface area contributed by atoms with Gasteiger partial charge in [-0.1, -0.05) is 256 Å². The van der Waals surface area contributed by atoms with Gasteiger partial charge >= 0.3 is 11.9 Å². The number of allylic oxidation sites excluding steroid dienone is 6. The maximum Gasteiger partial charge on any atom is 0.306 e. The molecule has 0 aromatic carbocycles. The third kappa shape index (κ3) is 59.3. The highest BCUT2D eigenvalue weighted by Gasteiger charge is 2.22. The Morgan fingerprint density at radius 1 is 0.425 bits per heavy atom. The monoisotopic (exact) mass is 1050 g/mol. The third-order valence-electron chi connectivity index (χ3n) is 13.9. The van der Waals surface area contributed by atoms with Crippen LogP contribution in [0.25, 0.3) is 0 Å². The predicted octanol–water partition coefficient (Wildman–Crippen LogP) is 18.9. The molecular weight excluding hydrogens is 930 g/mol. The van der Waals surface area contributed by atoms with Gasteiger partial charge < -0.3 is 27.9 Å². The summed E-state index contributed by atoms with van der Waals surface area (Å²) in [5, 5.41) is 0. The first-order chi connectivity index (χ1) is 35.5. The molecule has 10 heteroatoms. The molecule has 0 radical (unpaired) electrons. The Morgan fingerprint density at radius 2 is 0.740 bits per heavy atom. The molecule has 0 aliphatic heterocycles. The van der Waals surface area contributed by atoms with Gasteiger partial charge in [0.1, 0.15) is 19.8 Å². The first kappa shape index (κ1) is 71.2. The summed E-state index contributed by atoms with van der Waals surface area (Å²) < 4.78 is 34.1. The van der Waals surface area contributed by atoms with Gasteiger partial charge in [-0.25, -0.2) is 0 Å². The predicted molar refractivity (Wildman–Crippen MR) is 310 cm³/mol. The van der Waals surface area contributed by atoms with Gasteiger partial charge in [-0.2, -0.15) is 0 Å². The fraction of sp³-hybridized carbons (Fsp3) is 0.873. The van der Waals surface area contributed by atoms with E-state index >= 15 is 0 Å². The highest BCUT2D eigenvalue weighted by atomic mass is 31.2. The standard InChI is InChI=1S/C63H120NO8P/c1-6-8-10-12-14-16-18-20-21-22-23-24-25-26-27-28-29-30-31-32-33-34-35-36-37-38-39-40-41-42-43-44-46-48-50-52-54-56-63(66)72-61(60-71-73(67,68)70-58-57-64(3,4)5)59-69-62(65)55-53-51-49-47-45-19-17-15-13-11-9-7-2/h15,17-18,20,22-23,61H,6-14,16,19,21,24-60H2,1-5H3/b17-15-,20-18-,23-22-. The Morgan fingerprint density at radius 3 is 1.12 bits per heavy atom. The topological polar surface area (TPSA) is 111 Å². The molecular formula is C63H120NO8P. The maximum absolute atomic E-state index is 12.8. The molecule has 0 fully saturated rings. The van der Waals surface area contributed by atoms with E-state index in [1.54, 1.807) is 0 Å². The van der Waals surface area contributed by atoms with Crippen molar-refractivity contribution in [3.63, 3.8) is 0 Å². The fourth-order valence-electron chi connectivity index (χ4n) is 9.04. The number of rotatable bonds is 58. The lowest BCUT2D eigenvalue weighted by molar-refractivity contribution is -0.870. The molecule has 0 N–H and O–H groups in total. The van der Waals surface area contributed by atoms with Crippen molar-refractivity contribution < 1.29 is 42.1 Å². The van der Waals surface area contributed by atoms with Crippen LogP contribution in [0.3, 0.4) is 0 Å². The van der Waals surface area contributed by atoms with E-state index in [1.807, 2.05) is 21.1 Å². The highest BCUT2D eigenvalue weighted by Crippen LogP contribution is 2.38. The summed E-state index contributed by atoms with van der Waals surface area (Å²) in [6.45, 7) is 4.22. The third-order valence-corrected chi connectivity index (χ3v) is 14.8. The minimum Gasteiger partial charge on any atom is -0.756 e. The van der Waals surface area contributed by atoms with Gasteiger partial charge in [0.05, 0.1) is 27.7 Å². The smallest absolute Gasteiger partial charge is 0.306 e. The van der Waals surface area contributed by atoms with Gasteiger partial charge in [0.25, 0.3) is 7.82 Å². The summed E-state index contributed by atoms with van der Waals surface area (Å²) >= 11 is 0. The highest BCUT2D eigenvalue weighted by molar-refractivity contribution is 7.45. The molecule has 2 atom stereocenters. The van der Waals surface area contributed by atoms with Crippen molar-refractivity contribution in [2.45, 2.75) is 309 Å². The first-order valence-electron chi connectivity index (χ1n) is 31.2. The second kappa shape index (κ2) is 55.0. The molecule has 0 saturated heterocycles. The zero-order valence-electron chi connectivity index (χ0n) is 48.9. The zero-order chi connectivity index (χ0) is 53.5. The summed E-state index contributed by atoms with van der Waals surface area (Å²) in [4.78, 5) is 37.8. The molecule has 0 aromatic rings. The molecule has 9 nitrogen and oxygen atoms in total.